The van der Waals surface area contributed by atoms with Crippen molar-refractivity contribution in [3.63, 3.8) is 0 Å². The van der Waals surface area contributed by atoms with Gasteiger partial charge in [0.1, 0.15) is 0 Å². The summed E-state index contributed by atoms with van der Waals surface area (Å²) in [6.07, 6.45) is 1.11. The average molecular weight is 400 g/mol. The molecule has 2 aromatic carbocycles. The van der Waals surface area contributed by atoms with Crippen LogP contribution >= 0.6 is 11.8 Å². The Kier molecular flexibility index (Phi) is 5.98. The van der Waals surface area contributed by atoms with E-state index in [-0.39, 0.29) is 11.1 Å². The lowest BCUT2D eigenvalue weighted by atomic mass is 9.89. The summed E-state index contributed by atoms with van der Waals surface area (Å²) in [6.45, 7) is 8.36. The summed E-state index contributed by atoms with van der Waals surface area (Å²) >= 11 is 1.49. The van der Waals surface area contributed by atoms with E-state index < -0.39 is 11.9 Å². The van der Waals surface area contributed by atoms with E-state index in [1.165, 1.54) is 40.2 Å². The van der Waals surface area contributed by atoms with E-state index in [4.69, 9.17) is 0 Å². The third kappa shape index (κ3) is 4.33. The first-order valence-corrected chi connectivity index (χ1v) is 10.4. The van der Waals surface area contributed by atoms with Crippen molar-refractivity contribution in [2.75, 3.05) is 23.7 Å². The number of carboxylic acids is 2. The molecule has 0 aliphatic carbocycles. The summed E-state index contributed by atoms with van der Waals surface area (Å²) in [7, 11) is 0. The van der Waals surface area contributed by atoms with E-state index in [1.807, 2.05) is 0 Å². The molecular formula is C22H25NO4S. The van der Waals surface area contributed by atoms with Crippen LogP contribution in [0.2, 0.25) is 0 Å². The van der Waals surface area contributed by atoms with Gasteiger partial charge in [-0.05, 0) is 67.1 Å². The van der Waals surface area contributed by atoms with Gasteiger partial charge >= 0.3 is 11.9 Å². The molecule has 3 rings (SSSR count). The van der Waals surface area contributed by atoms with E-state index in [1.54, 1.807) is 12.1 Å². The van der Waals surface area contributed by atoms with Crippen LogP contribution in [0.3, 0.4) is 0 Å². The van der Waals surface area contributed by atoms with Crippen molar-refractivity contribution in [2.45, 2.75) is 38.0 Å². The second-order valence-electron chi connectivity index (χ2n) is 7.38. The third-order valence-electron chi connectivity index (χ3n) is 5.38. The highest BCUT2D eigenvalue weighted by Gasteiger charge is 2.23. The van der Waals surface area contributed by atoms with Crippen LogP contribution in [0, 0.1) is 13.8 Å². The number of aryl methyl sites for hydroxylation is 2. The molecule has 0 bridgehead atoms. The predicted molar refractivity (Wildman–Crippen MR) is 112 cm³/mol. The zero-order chi connectivity index (χ0) is 20.4. The van der Waals surface area contributed by atoms with Gasteiger partial charge in [0.15, 0.2) is 0 Å². The Morgan fingerprint density at radius 2 is 1.64 bits per heavy atom. The fraction of sp³-hybridized carbons (Fsp3) is 0.364. The topological polar surface area (TPSA) is 77.8 Å². The summed E-state index contributed by atoms with van der Waals surface area (Å²) in [5.74, 6) is -0.934. The van der Waals surface area contributed by atoms with Gasteiger partial charge < -0.3 is 15.1 Å². The summed E-state index contributed by atoms with van der Waals surface area (Å²) in [5.41, 5.74) is 5.28. The zero-order valence-electron chi connectivity index (χ0n) is 16.4. The highest BCUT2D eigenvalue weighted by molar-refractivity contribution is 7.99. The Labute approximate surface area is 169 Å². The summed E-state index contributed by atoms with van der Waals surface area (Å²) < 4.78 is 0. The molecule has 28 heavy (non-hydrogen) atoms. The number of carbonyl (C=O) groups is 2. The van der Waals surface area contributed by atoms with E-state index in [0.717, 1.165) is 25.3 Å². The van der Waals surface area contributed by atoms with Crippen molar-refractivity contribution < 1.29 is 19.8 Å². The first-order chi connectivity index (χ1) is 13.3. The molecule has 0 amide bonds. The van der Waals surface area contributed by atoms with Gasteiger partial charge in [-0.2, -0.15) is 0 Å². The van der Waals surface area contributed by atoms with Crippen molar-refractivity contribution in [3.05, 3.63) is 58.1 Å². The van der Waals surface area contributed by atoms with Crippen molar-refractivity contribution in [1.82, 2.24) is 0 Å². The second kappa shape index (κ2) is 8.27. The van der Waals surface area contributed by atoms with Crippen LogP contribution in [0.1, 0.15) is 56.7 Å². The Morgan fingerprint density at radius 3 is 2.25 bits per heavy atom. The van der Waals surface area contributed by atoms with Gasteiger partial charge in [-0.1, -0.05) is 13.0 Å². The molecule has 2 N–H and O–H groups in total. The maximum atomic E-state index is 11.3. The standard InChI is InChI=1S/C22H25NO4S/c1-13-4-5-23(20-9-15(3)14(2)8-19(13)20)6-7-28-18-11-16(21(24)25)10-17(12-18)22(26)27/h8-13H,4-7H2,1-3H3,(H,24,25)(H,26,27). The minimum absolute atomic E-state index is 0.00522. The number of carboxylic acid groups (broad SMARTS) is 2. The maximum Gasteiger partial charge on any atom is 0.335 e. The Bertz CT molecular complexity index is 893. The van der Waals surface area contributed by atoms with Gasteiger partial charge in [0.05, 0.1) is 11.1 Å². The molecule has 5 nitrogen and oxygen atoms in total. The smallest absolute Gasteiger partial charge is 0.335 e. The fourth-order valence-corrected chi connectivity index (χ4v) is 4.52. The number of anilines is 1. The van der Waals surface area contributed by atoms with Gasteiger partial charge in [-0.25, -0.2) is 9.59 Å². The average Bonchev–Trinajstić information content (AvgIpc) is 2.65. The normalized spacial score (nSPS) is 16.0. The van der Waals surface area contributed by atoms with E-state index in [9.17, 15) is 19.8 Å². The molecule has 0 fully saturated rings. The van der Waals surface area contributed by atoms with E-state index in [0.29, 0.717) is 10.8 Å². The van der Waals surface area contributed by atoms with Crippen LogP contribution in [-0.4, -0.2) is 41.0 Å². The molecule has 0 saturated heterocycles. The number of thioether (sulfide) groups is 1. The van der Waals surface area contributed by atoms with Gasteiger partial charge in [0.25, 0.3) is 0 Å². The number of fused-ring (bicyclic) bond motifs is 1. The second-order valence-corrected chi connectivity index (χ2v) is 8.55. The molecular weight excluding hydrogens is 374 g/mol. The van der Waals surface area contributed by atoms with Crippen molar-refractivity contribution in [1.29, 1.82) is 0 Å². The zero-order valence-corrected chi connectivity index (χ0v) is 17.2. The van der Waals surface area contributed by atoms with Crippen molar-refractivity contribution >= 4 is 29.4 Å². The number of hydrogen-bond acceptors (Lipinski definition) is 4. The number of benzene rings is 2. The Hall–Kier alpha value is -2.47. The third-order valence-corrected chi connectivity index (χ3v) is 6.33. The predicted octanol–water partition coefficient (Wildman–Crippen LogP) is 4.81. The molecule has 0 saturated carbocycles. The minimum atomic E-state index is -1.12. The summed E-state index contributed by atoms with van der Waals surface area (Å²) in [5, 5.41) is 18.4. The number of nitrogens with zero attached hydrogens (tertiary/aromatic N) is 1. The first kappa shape index (κ1) is 20.3. The van der Waals surface area contributed by atoms with Crippen LogP contribution in [0.15, 0.2) is 35.2 Å². The van der Waals surface area contributed by atoms with Crippen LogP contribution in [0.5, 0.6) is 0 Å². The van der Waals surface area contributed by atoms with Gasteiger partial charge in [-0.3, -0.25) is 0 Å². The Balaban J connectivity index is 1.74. The molecule has 148 valence electrons. The number of aromatic carboxylic acids is 2. The molecule has 1 aliphatic heterocycles. The lowest BCUT2D eigenvalue weighted by Crippen LogP contribution is -2.32. The lowest BCUT2D eigenvalue weighted by molar-refractivity contribution is 0.0696. The van der Waals surface area contributed by atoms with Crippen molar-refractivity contribution in [2.24, 2.45) is 0 Å². The molecule has 0 radical (unpaired) electrons. The summed E-state index contributed by atoms with van der Waals surface area (Å²) in [6, 6.07) is 8.84. The monoisotopic (exact) mass is 399 g/mol. The molecule has 1 atom stereocenters. The van der Waals surface area contributed by atoms with E-state index in [2.05, 4.69) is 37.8 Å². The number of hydrogen-bond donors (Lipinski definition) is 2. The lowest BCUT2D eigenvalue weighted by Gasteiger charge is -2.35. The Morgan fingerprint density at radius 1 is 1.04 bits per heavy atom. The molecule has 6 heteroatoms. The fourth-order valence-electron chi connectivity index (χ4n) is 3.55. The van der Waals surface area contributed by atoms with Crippen LogP contribution in [0.25, 0.3) is 0 Å². The van der Waals surface area contributed by atoms with Gasteiger partial charge in [0.2, 0.25) is 0 Å². The summed E-state index contributed by atoms with van der Waals surface area (Å²) in [4.78, 5) is 25.6. The highest BCUT2D eigenvalue weighted by atomic mass is 32.2. The minimum Gasteiger partial charge on any atom is -0.478 e. The molecule has 1 aliphatic rings. The SMILES string of the molecule is Cc1cc2c(cc1C)N(CCSc1cc(C(=O)O)cc(C(=O)O)c1)CCC2C. The molecule has 1 heterocycles. The van der Waals surface area contributed by atoms with Gasteiger partial charge in [0, 0.05) is 29.4 Å². The quantitative estimate of drug-likeness (QED) is 0.679. The van der Waals surface area contributed by atoms with Crippen LogP contribution in [0.4, 0.5) is 5.69 Å². The largest absolute Gasteiger partial charge is 0.478 e. The van der Waals surface area contributed by atoms with Crippen LogP contribution in [-0.2, 0) is 0 Å². The molecule has 0 aromatic heterocycles. The first-order valence-electron chi connectivity index (χ1n) is 9.37. The maximum absolute atomic E-state index is 11.3. The highest BCUT2D eigenvalue weighted by Crippen LogP contribution is 2.37. The van der Waals surface area contributed by atoms with Crippen molar-refractivity contribution in [3.8, 4) is 0 Å². The van der Waals surface area contributed by atoms with Crippen LogP contribution < -0.4 is 4.90 Å². The molecule has 1 unspecified atom stereocenters. The molecule has 2 aromatic rings. The van der Waals surface area contributed by atoms with E-state index >= 15 is 0 Å². The number of rotatable bonds is 6. The van der Waals surface area contributed by atoms with Gasteiger partial charge in [-0.15, -0.1) is 11.8 Å². The molecule has 0 spiro atoms.